The first-order valence-electron chi connectivity index (χ1n) is 6.98. The first-order chi connectivity index (χ1) is 8.83. The van der Waals surface area contributed by atoms with Crippen molar-refractivity contribution in [3.63, 3.8) is 0 Å². The lowest BCUT2D eigenvalue weighted by Gasteiger charge is -2.25. The minimum Gasteiger partial charge on any atom is -0.396 e. The Balaban J connectivity index is 2.55. The summed E-state index contributed by atoms with van der Waals surface area (Å²) in [4.78, 5) is 12.2. The van der Waals surface area contributed by atoms with E-state index in [1.165, 1.54) is 0 Å². The zero-order valence-corrected chi connectivity index (χ0v) is 11.9. The van der Waals surface area contributed by atoms with Crippen LogP contribution in [-0.2, 0) is 4.79 Å². The number of fused-ring (bicyclic) bond motifs is 1. The Hall–Kier alpha value is -0.710. The van der Waals surface area contributed by atoms with Crippen LogP contribution in [0.25, 0.3) is 0 Å². The van der Waals surface area contributed by atoms with Gasteiger partial charge in [-0.1, -0.05) is 20.8 Å². The molecule has 0 amide bonds. The molecule has 0 heterocycles. The van der Waals surface area contributed by atoms with Crippen molar-refractivity contribution >= 4 is 5.78 Å². The van der Waals surface area contributed by atoms with Crippen LogP contribution >= 0.6 is 0 Å². The van der Waals surface area contributed by atoms with Crippen LogP contribution in [0.1, 0.15) is 33.6 Å². The maximum absolute atomic E-state index is 12.2. The highest BCUT2D eigenvalue weighted by atomic mass is 16.3. The Morgan fingerprint density at radius 1 is 1.32 bits per heavy atom. The molecule has 2 aliphatic rings. The molecule has 2 aliphatic carbocycles. The molecule has 0 aliphatic heterocycles. The molecule has 19 heavy (non-hydrogen) atoms. The summed E-state index contributed by atoms with van der Waals surface area (Å²) in [7, 11) is 0. The van der Waals surface area contributed by atoms with Crippen molar-refractivity contribution in [2.75, 3.05) is 13.2 Å². The summed E-state index contributed by atoms with van der Waals surface area (Å²) >= 11 is 0. The van der Waals surface area contributed by atoms with Crippen molar-refractivity contribution in [2.45, 2.75) is 39.7 Å². The molecule has 0 bridgehead atoms. The van der Waals surface area contributed by atoms with E-state index in [0.29, 0.717) is 5.57 Å². The molecule has 4 nitrogen and oxygen atoms in total. The average molecular weight is 268 g/mol. The van der Waals surface area contributed by atoms with Crippen LogP contribution in [0.5, 0.6) is 0 Å². The SMILES string of the molecule is C[C@H]1C(=O)C[C@H](CO)C(CO)=C2[C@H]1CC(C)(C)[C@@H]2O. The van der Waals surface area contributed by atoms with Gasteiger partial charge in [0, 0.05) is 18.3 Å². The van der Waals surface area contributed by atoms with E-state index < -0.39 is 6.10 Å². The molecule has 0 aromatic heterocycles. The fourth-order valence-corrected chi connectivity index (χ4v) is 3.68. The summed E-state index contributed by atoms with van der Waals surface area (Å²) in [5.41, 5.74) is 1.21. The van der Waals surface area contributed by atoms with Crippen molar-refractivity contribution in [3.8, 4) is 0 Å². The highest BCUT2D eigenvalue weighted by molar-refractivity contribution is 5.83. The number of carbonyl (C=O) groups is 1. The van der Waals surface area contributed by atoms with Gasteiger partial charge in [0.25, 0.3) is 0 Å². The van der Waals surface area contributed by atoms with E-state index in [4.69, 9.17) is 0 Å². The number of carbonyl (C=O) groups excluding carboxylic acids is 1. The number of aliphatic hydroxyl groups is 3. The molecule has 0 saturated heterocycles. The van der Waals surface area contributed by atoms with Gasteiger partial charge < -0.3 is 15.3 Å². The number of ketones is 1. The lowest BCUT2D eigenvalue weighted by Crippen LogP contribution is -2.26. The summed E-state index contributed by atoms with van der Waals surface area (Å²) in [5, 5.41) is 29.6. The molecule has 0 radical (unpaired) electrons. The topological polar surface area (TPSA) is 77.8 Å². The van der Waals surface area contributed by atoms with Crippen LogP contribution in [0.2, 0.25) is 0 Å². The number of rotatable bonds is 2. The molecular weight excluding hydrogens is 244 g/mol. The molecule has 0 spiro atoms. The Labute approximate surface area is 114 Å². The molecule has 1 saturated carbocycles. The highest BCUT2D eigenvalue weighted by Gasteiger charge is 2.49. The van der Waals surface area contributed by atoms with Crippen LogP contribution in [0, 0.1) is 23.2 Å². The second-order valence-electron chi connectivity index (χ2n) is 6.68. The van der Waals surface area contributed by atoms with Crippen LogP contribution in [0.4, 0.5) is 0 Å². The van der Waals surface area contributed by atoms with Crippen LogP contribution in [0.3, 0.4) is 0 Å². The van der Waals surface area contributed by atoms with E-state index in [1.807, 2.05) is 20.8 Å². The molecule has 3 N–H and O–H groups in total. The van der Waals surface area contributed by atoms with Gasteiger partial charge in [0.1, 0.15) is 5.78 Å². The van der Waals surface area contributed by atoms with Crippen molar-refractivity contribution in [1.29, 1.82) is 0 Å². The lowest BCUT2D eigenvalue weighted by atomic mass is 9.83. The van der Waals surface area contributed by atoms with E-state index in [2.05, 4.69) is 0 Å². The van der Waals surface area contributed by atoms with E-state index >= 15 is 0 Å². The minimum absolute atomic E-state index is 0.00352. The number of Topliss-reactive ketones (excluding diaryl/α,β-unsaturated/α-hetero) is 1. The molecule has 0 aromatic carbocycles. The molecule has 108 valence electrons. The third kappa shape index (κ3) is 2.26. The summed E-state index contributed by atoms with van der Waals surface area (Å²) in [6, 6.07) is 0. The molecule has 2 rings (SSSR count). The van der Waals surface area contributed by atoms with E-state index in [1.54, 1.807) is 0 Å². The van der Waals surface area contributed by atoms with Gasteiger partial charge in [0.2, 0.25) is 0 Å². The summed E-state index contributed by atoms with van der Waals surface area (Å²) < 4.78 is 0. The Morgan fingerprint density at radius 3 is 2.47 bits per heavy atom. The quantitative estimate of drug-likeness (QED) is 0.650. The molecule has 0 unspecified atom stereocenters. The summed E-state index contributed by atoms with van der Waals surface area (Å²) in [6.45, 7) is 5.52. The third-order valence-electron chi connectivity index (χ3n) is 4.99. The smallest absolute Gasteiger partial charge is 0.136 e. The molecule has 4 heteroatoms. The Morgan fingerprint density at radius 2 is 1.95 bits per heavy atom. The van der Waals surface area contributed by atoms with Crippen molar-refractivity contribution in [3.05, 3.63) is 11.1 Å². The van der Waals surface area contributed by atoms with Gasteiger partial charge in [-0.2, -0.15) is 0 Å². The predicted molar refractivity (Wildman–Crippen MR) is 71.4 cm³/mol. The van der Waals surface area contributed by atoms with Gasteiger partial charge in [0.05, 0.1) is 19.3 Å². The van der Waals surface area contributed by atoms with Gasteiger partial charge in [0.15, 0.2) is 0 Å². The van der Waals surface area contributed by atoms with Gasteiger partial charge in [-0.05, 0) is 28.9 Å². The fourth-order valence-electron chi connectivity index (χ4n) is 3.68. The largest absolute Gasteiger partial charge is 0.396 e. The van der Waals surface area contributed by atoms with Crippen molar-refractivity contribution in [1.82, 2.24) is 0 Å². The molecule has 4 atom stereocenters. The van der Waals surface area contributed by atoms with Gasteiger partial charge in [-0.15, -0.1) is 0 Å². The summed E-state index contributed by atoms with van der Waals surface area (Å²) in [5.74, 6) is -0.376. The Bertz CT molecular complexity index is 410. The predicted octanol–water partition coefficient (Wildman–Crippen LogP) is 0.900. The van der Waals surface area contributed by atoms with Crippen molar-refractivity contribution < 1.29 is 20.1 Å². The summed E-state index contributed by atoms with van der Waals surface area (Å²) in [6.07, 6.45) is 0.376. The Kier molecular flexibility index (Phi) is 3.87. The second-order valence-corrected chi connectivity index (χ2v) is 6.68. The van der Waals surface area contributed by atoms with Gasteiger partial charge in [-0.3, -0.25) is 4.79 Å². The minimum atomic E-state index is -0.637. The van der Waals surface area contributed by atoms with E-state index in [0.717, 1.165) is 12.0 Å². The standard InChI is InChI=1S/C15H24O4/c1-8-10-5-15(2,3)14(19)13(10)11(7-17)9(6-16)4-12(8)18/h8-10,14,16-17,19H,4-7H2,1-3H3/t8-,9-,10+,14-/m1/s1. The van der Waals surface area contributed by atoms with Crippen LogP contribution in [-0.4, -0.2) is 40.4 Å². The van der Waals surface area contributed by atoms with Crippen LogP contribution < -0.4 is 0 Å². The van der Waals surface area contributed by atoms with Crippen LogP contribution in [0.15, 0.2) is 11.1 Å². The monoisotopic (exact) mass is 268 g/mol. The maximum atomic E-state index is 12.2. The fraction of sp³-hybridized carbons (Fsp3) is 0.800. The normalized spacial score (nSPS) is 38.3. The van der Waals surface area contributed by atoms with Gasteiger partial charge in [-0.25, -0.2) is 0 Å². The van der Waals surface area contributed by atoms with Crippen molar-refractivity contribution in [2.24, 2.45) is 23.2 Å². The number of hydrogen-bond acceptors (Lipinski definition) is 4. The van der Waals surface area contributed by atoms with E-state index in [-0.39, 0.29) is 48.6 Å². The van der Waals surface area contributed by atoms with Gasteiger partial charge >= 0.3 is 0 Å². The molecule has 0 aromatic rings. The number of aliphatic hydroxyl groups excluding tert-OH is 3. The average Bonchev–Trinajstić information content (AvgIpc) is 2.54. The third-order valence-corrected chi connectivity index (χ3v) is 4.99. The zero-order chi connectivity index (χ0) is 14.4. The maximum Gasteiger partial charge on any atom is 0.136 e. The zero-order valence-electron chi connectivity index (χ0n) is 11.9. The molecule has 1 fully saturated rings. The lowest BCUT2D eigenvalue weighted by molar-refractivity contribution is -0.124. The second kappa shape index (κ2) is 5.00. The highest BCUT2D eigenvalue weighted by Crippen LogP contribution is 2.51. The molecular formula is C15H24O4. The number of hydrogen-bond donors (Lipinski definition) is 3. The first kappa shape index (κ1) is 14.7. The van der Waals surface area contributed by atoms with E-state index in [9.17, 15) is 20.1 Å². The first-order valence-corrected chi connectivity index (χ1v) is 6.98.